The molecule has 4 aromatic rings. The number of anilines is 1. The van der Waals surface area contributed by atoms with Crippen molar-refractivity contribution in [2.75, 3.05) is 11.1 Å². The first-order chi connectivity index (χ1) is 15.9. The van der Waals surface area contributed by atoms with Gasteiger partial charge in [-0.15, -0.1) is 0 Å². The summed E-state index contributed by atoms with van der Waals surface area (Å²) < 4.78 is 1.37. The predicted octanol–water partition coefficient (Wildman–Crippen LogP) is 4.99. The minimum Gasteiger partial charge on any atom is -0.319 e. The summed E-state index contributed by atoms with van der Waals surface area (Å²) in [6.45, 7) is 1.68. The van der Waals surface area contributed by atoms with Crippen molar-refractivity contribution in [1.29, 1.82) is 0 Å². The van der Waals surface area contributed by atoms with Crippen LogP contribution in [0.25, 0.3) is 16.6 Å². The van der Waals surface area contributed by atoms with E-state index in [4.69, 9.17) is 11.6 Å². The number of nitro benzene ring substituents is 1. The minimum absolute atomic E-state index is 0.124. The molecular weight excluding hydrogens is 464 g/mol. The smallest absolute Gasteiger partial charge is 0.293 e. The van der Waals surface area contributed by atoms with Crippen molar-refractivity contribution in [3.8, 4) is 5.69 Å². The molecule has 0 unspecified atom stereocenters. The molecule has 1 amide bonds. The molecule has 0 radical (unpaired) electrons. The Bertz CT molecular complexity index is 1450. The highest BCUT2D eigenvalue weighted by Gasteiger charge is 2.20. The molecule has 0 saturated heterocycles. The van der Waals surface area contributed by atoms with Crippen LogP contribution in [0.4, 0.5) is 11.4 Å². The number of nitrogens with zero attached hydrogens (tertiary/aromatic N) is 3. The normalized spacial score (nSPS) is 10.8. The second-order valence-electron chi connectivity index (χ2n) is 7.07. The van der Waals surface area contributed by atoms with Gasteiger partial charge in [0.05, 0.1) is 32.3 Å². The zero-order chi connectivity index (χ0) is 23.5. The number of thioether (sulfide) groups is 1. The number of carbonyl (C=O) groups is 1. The molecule has 0 saturated carbocycles. The zero-order valence-electron chi connectivity index (χ0n) is 17.3. The molecule has 1 N–H and O–H groups in total. The molecular formula is C23H17ClN4O4S. The van der Waals surface area contributed by atoms with Crippen LogP contribution in [0.5, 0.6) is 0 Å². The number of aromatic nitrogens is 2. The highest BCUT2D eigenvalue weighted by Crippen LogP contribution is 2.29. The number of benzene rings is 3. The number of hydrogen-bond donors (Lipinski definition) is 1. The van der Waals surface area contributed by atoms with E-state index in [1.165, 1.54) is 10.6 Å². The van der Waals surface area contributed by atoms with E-state index in [1.54, 1.807) is 67.6 Å². The Labute approximate surface area is 197 Å². The van der Waals surface area contributed by atoms with Gasteiger partial charge in [0.1, 0.15) is 5.69 Å². The fraction of sp³-hybridized carbons (Fsp3) is 0.0870. The van der Waals surface area contributed by atoms with E-state index in [2.05, 4.69) is 10.3 Å². The Balaban J connectivity index is 1.69. The first kappa shape index (κ1) is 22.5. The van der Waals surface area contributed by atoms with Gasteiger partial charge in [0.15, 0.2) is 5.16 Å². The van der Waals surface area contributed by atoms with E-state index >= 15 is 0 Å². The van der Waals surface area contributed by atoms with Gasteiger partial charge in [-0.2, -0.15) is 0 Å². The van der Waals surface area contributed by atoms with E-state index in [0.29, 0.717) is 27.2 Å². The Morgan fingerprint density at radius 1 is 1.12 bits per heavy atom. The van der Waals surface area contributed by atoms with Crippen LogP contribution in [0, 0.1) is 17.0 Å². The molecule has 1 heterocycles. The SMILES string of the molecule is Cc1cccc([N+](=O)[O-])c1NC(=O)CSc1nc2ccccc2c(=O)n1-c1ccccc1Cl. The fourth-order valence-electron chi connectivity index (χ4n) is 3.33. The number of aryl methyl sites for hydroxylation is 1. The number of halogens is 1. The number of hydrogen-bond acceptors (Lipinski definition) is 6. The lowest BCUT2D eigenvalue weighted by Crippen LogP contribution is -2.23. The molecule has 0 fully saturated rings. The van der Waals surface area contributed by atoms with Gasteiger partial charge in [-0.3, -0.25) is 24.3 Å². The van der Waals surface area contributed by atoms with E-state index in [-0.39, 0.29) is 27.8 Å². The number of amides is 1. The second kappa shape index (κ2) is 9.43. The quantitative estimate of drug-likeness (QED) is 0.180. The van der Waals surface area contributed by atoms with Crippen LogP contribution in [0.2, 0.25) is 5.02 Å². The summed E-state index contributed by atoms with van der Waals surface area (Å²) in [6.07, 6.45) is 0. The van der Waals surface area contributed by atoms with Gasteiger partial charge < -0.3 is 5.32 Å². The first-order valence-corrected chi connectivity index (χ1v) is 11.2. The highest BCUT2D eigenvalue weighted by atomic mass is 35.5. The van der Waals surface area contributed by atoms with Crippen molar-refractivity contribution in [3.05, 3.63) is 97.8 Å². The lowest BCUT2D eigenvalue weighted by molar-refractivity contribution is -0.384. The van der Waals surface area contributed by atoms with E-state index < -0.39 is 10.8 Å². The minimum atomic E-state index is -0.546. The largest absolute Gasteiger partial charge is 0.319 e. The number of para-hydroxylation sites is 3. The van der Waals surface area contributed by atoms with E-state index in [9.17, 15) is 19.7 Å². The van der Waals surface area contributed by atoms with Gasteiger partial charge >= 0.3 is 0 Å². The maximum Gasteiger partial charge on any atom is 0.293 e. The summed E-state index contributed by atoms with van der Waals surface area (Å²) in [5, 5.41) is 15.0. The Morgan fingerprint density at radius 3 is 2.61 bits per heavy atom. The maximum absolute atomic E-state index is 13.3. The van der Waals surface area contributed by atoms with E-state index in [1.807, 2.05) is 0 Å². The van der Waals surface area contributed by atoms with Gasteiger partial charge in [0.25, 0.3) is 11.2 Å². The van der Waals surface area contributed by atoms with Crippen LogP contribution in [-0.4, -0.2) is 26.1 Å². The van der Waals surface area contributed by atoms with Gasteiger partial charge in [-0.1, -0.05) is 59.8 Å². The van der Waals surface area contributed by atoms with Gasteiger partial charge in [0.2, 0.25) is 5.91 Å². The third kappa shape index (κ3) is 4.59. The second-order valence-corrected chi connectivity index (χ2v) is 8.42. The number of rotatable bonds is 6. The van der Waals surface area contributed by atoms with Crippen molar-refractivity contribution < 1.29 is 9.72 Å². The van der Waals surface area contributed by atoms with Crippen LogP contribution in [0.3, 0.4) is 0 Å². The van der Waals surface area contributed by atoms with Crippen LogP contribution in [-0.2, 0) is 4.79 Å². The lowest BCUT2D eigenvalue weighted by atomic mass is 10.1. The Kier molecular flexibility index (Phi) is 6.43. The fourth-order valence-corrected chi connectivity index (χ4v) is 4.35. The average molecular weight is 481 g/mol. The van der Waals surface area contributed by atoms with Crippen LogP contribution in [0.1, 0.15) is 5.56 Å². The van der Waals surface area contributed by atoms with Crippen molar-refractivity contribution in [1.82, 2.24) is 9.55 Å². The average Bonchev–Trinajstić information content (AvgIpc) is 2.80. The van der Waals surface area contributed by atoms with E-state index in [0.717, 1.165) is 11.8 Å². The molecule has 0 bridgehead atoms. The van der Waals surface area contributed by atoms with Crippen molar-refractivity contribution >= 4 is 51.5 Å². The number of fused-ring (bicyclic) bond motifs is 1. The third-order valence-electron chi connectivity index (χ3n) is 4.88. The lowest BCUT2D eigenvalue weighted by Gasteiger charge is -2.14. The summed E-state index contributed by atoms with van der Waals surface area (Å²) in [5.41, 5.74) is 1.14. The highest BCUT2D eigenvalue weighted by molar-refractivity contribution is 7.99. The predicted molar refractivity (Wildman–Crippen MR) is 130 cm³/mol. The van der Waals surface area contributed by atoms with Crippen molar-refractivity contribution in [3.63, 3.8) is 0 Å². The molecule has 4 rings (SSSR count). The monoisotopic (exact) mass is 480 g/mol. The van der Waals surface area contributed by atoms with Crippen LogP contribution >= 0.6 is 23.4 Å². The molecule has 0 aliphatic heterocycles. The molecule has 10 heteroatoms. The topological polar surface area (TPSA) is 107 Å². The summed E-state index contributed by atoms with van der Waals surface area (Å²) in [6, 6.07) is 18.3. The van der Waals surface area contributed by atoms with Gasteiger partial charge in [0, 0.05) is 6.07 Å². The summed E-state index contributed by atoms with van der Waals surface area (Å²) in [7, 11) is 0. The zero-order valence-corrected chi connectivity index (χ0v) is 18.9. The summed E-state index contributed by atoms with van der Waals surface area (Å²) in [4.78, 5) is 41.3. The molecule has 0 aliphatic rings. The molecule has 0 atom stereocenters. The van der Waals surface area contributed by atoms with Gasteiger partial charge in [-0.25, -0.2) is 4.98 Å². The Morgan fingerprint density at radius 2 is 1.85 bits per heavy atom. The van der Waals surface area contributed by atoms with Crippen molar-refractivity contribution in [2.45, 2.75) is 12.1 Å². The molecule has 8 nitrogen and oxygen atoms in total. The Hall–Kier alpha value is -3.69. The third-order valence-corrected chi connectivity index (χ3v) is 6.14. The number of nitro groups is 1. The molecule has 0 aliphatic carbocycles. The number of carbonyl (C=O) groups excluding carboxylic acids is 1. The molecule has 0 spiro atoms. The van der Waals surface area contributed by atoms with Crippen molar-refractivity contribution in [2.24, 2.45) is 0 Å². The molecule has 166 valence electrons. The maximum atomic E-state index is 13.3. The molecule has 33 heavy (non-hydrogen) atoms. The van der Waals surface area contributed by atoms with Crippen LogP contribution < -0.4 is 10.9 Å². The molecule has 1 aromatic heterocycles. The first-order valence-electron chi connectivity index (χ1n) is 9.80. The standard InChI is InChI=1S/C23H17ClN4O4S/c1-14-7-6-12-19(28(31)32)21(14)26-20(29)13-33-23-25-17-10-4-2-8-15(17)22(30)27(23)18-11-5-3-9-16(18)24/h2-12H,13H2,1H3,(H,26,29). The van der Waals surface area contributed by atoms with Gasteiger partial charge in [-0.05, 0) is 36.8 Å². The summed E-state index contributed by atoms with van der Waals surface area (Å²) in [5.74, 6) is -0.591. The van der Waals surface area contributed by atoms with Crippen LogP contribution in [0.15, 0.2) is 76.7 Å². The molecule has 3 aromatic carbocycles. The summed E-state index contributed by atoms with van der Waals surface area (Å²) >= 11 is 7.39. The number of nitrogens with one attached hydrogen (secondary N) is 1.